The minimum atomic E-state index is -4.49. The summed E-state index contributed by atoms with van der Waals surface area (Å²) in [5.74, 6) is -0.179. The molecule has 1 aliphatic carbocycles. The fourth-order valence-electron chi connectivity index (χ4n) is 3.74. The Bertz CT molecular complexity index is 1230. The summed E-state index contributed by atoms with van der Waals surface area (Å²) in [5, 5.41) is 8.19. The van der Waals surface area contributed by atoms with Gasteiger partial charge in [-0.25, -0.2) is 4.98 Å². The summed E-state index contributed by atoms with van der Waals surface area (Å²) in [7, 11) is 0. The van der Waals surface area contributed by atoms with Crippen LogP contribution in [0, 0.1) is 0 Å². The van der Waals surface area contributed by atoms with Gasteiger partial charge >= 0.3 is 6.18 Å². The third-order valence-electron chi connectivity index (χ3n) is 5.53. The van der Waals surface area contributed by atoms with Crippen LogP contribution < -0.4 is 10.6 Å². The number of imidazole rings is 1. The molecule has 1 saturated carbocycles. The van der Waals surface area contributed by atoms with Crippen molar-refractivity contribution in [2.24, 2.45) is 0 Å². The number of nitrogens with one attached hydrogen (secondary N) is 2. The molecule has 2 unspecified atom stereocenters. The van der Waals surface area contributed by atoms with E-state index in [0.717, 1.165) is 34.8 Å². The van der Waals surface area contributed by atoms with Gasteiger partial charge in [-0.15, -0.1) is 11.3 Å². The molecule has 0 aliphatic heterocycles. The quantitative estimate of drug-likeness (QED) is 0.413. The van der Waals surface area contributed by atoms with Crippen molar-refractivity contribution >= 4 is 27.9 Å². The van der Waals surface area contributed by atoms with Crippen LogP contribution in [0.25, 0.3) is 4.96 Å². The Kier molecular flexibility index (Phi) is 5.22. The molecule has 1 aliphatic rings. The summed E-state index contributed by atoms with van der Waals surface area (Å²) in [6.07, 6.45) is 0.556. The lowest BCUT2D eigenvalue weighted by molar-refractivity contribution is -0.137. The lowest BCUT2D eigenvalue weighted by Crippen LogP contribution is -2.17. The lowest BCUT2D eigenvalue weighted by atomic mass is 10.1. The smallest absolute Gasteiger partial charge is 0.322 e. The molecule has 32 heavy (non-hydrogen) atoms. The largest absolute Gasteiger partial charge is 0.416 e. The third kappa shape index (κ3) is 4.39. The van der Waals surface area contributed by atoms with E-state index in [-0.39, 0.29) is 5.56 Å². The average Bonchev–Trinajstić information content (AvgIpc) is 3.24. The lowest BCUT2D eigenvalue weighted by Gasteiger charge is -2.10. The number of hydrogen-bond donors (Lipinski definition) is 2. The Morgan fingerprint density at radius 1 is 1.19 bits per heavy atom. The van der Waals surface area contributed by atoms with Gasteiger partial charge < -0.3 is 10.6 Å². The second-order valence-corrected chi connectivity index (χ2v) is 8.68. The fourth-order valence-corrected chi connectivity index (χ4v) is 4.46. The molecule has 2 heterocycles. The molecule has 0 radical (unpaired) electrons. The monoisotopic (exact) mass is 456 g/mol. The van der Waals surface area contributed by atoms with Crippen molar-refractivity contribution in [2.45, 2.75) is 31.1 Å². The number of alkyl halides is 3. The zero-order chi connectivity index (χ0) is 22.3. The number of rotatable bonds is 6. The van der Waals surface area contributed by atoms with Crippen molar-refractivity contribution in [3.8, 4) is 0 Å². The van der Waals surface area contributed by atoms with Crippen molar-refractivity contribution in [1.82, 2.24) is 14.7 Å². The van der Waals surface area contributed by atoms with E-state index in [2.05, 4.69) is 15.6 Å². The number of benzene rings is 2. The van der Waals surface area contributed by atoms with E-state index in [0.29, 0.717) is 24.2 Å². The second kappa shape index (κ2) is 8.07. The predicted octanol–water partition coefficient (Wildman–Crippen LogP) is 5.31. The molecule has 9 heteroatoms. The zero-order valence-electron chi connectivity index (χ0n) is 16.8. The number of halogens is 3. The van der Waals surface area contributed by atoms with Gasteiger partial charge in [0, 0.05) is 47.5 Å². The van der Waals surface area contributed by atoms with E-state index in [9.17, 15) is 18.0 Å². The molecule has 1 amide bonds. The number of amides is 1. The minimum absolute atomic E-state index is 0.0329. The number of nitrogens with zero attached hydrogens (tertiary/aromatic N) is 2. The molecular formula is C23H19F3N4OS. The molecule has 5 rings (SSSR count). The number of carbonyl (C=O) groups excluding carboxylic acids is 1. The highest BCUT2D eigenvalue weighted by molar-refractivity contribution is 7.15. The molecule has 5 nitrogen and oxygen atoms in total. The predicted molar refractivity (Wildman–Crippen MR) is 117 cm³/mol. The van der Waals surface area contributed by atoms with E-state index in [1.807, 2.05) is 34.3 Å². The minimum Gasteiger partial charge on any atom is -0.322 e. The highest BCUT2D eigenvalue weighted by Gasteiger charge is 2.37. The molecule has 164 valence electrons. The first kappa shape index (κ1) is 20.7. The van der Waals surface area contributed by atoms with Crippen molar-refractivity contribution < 1.29 is 18.0 Å². The maximum atomic E-state index is 12.9. The topological polar surface area (TPSA) is 58.4 Å². The maximum Gasteiger partial charge on any atom is 0.416 e. The van der Waals surface area contributed by atoms with Crippen molar-refractivity contribution in [2.75, 3.05) is 5.32 Å². The van der Waals surface area contributed by atoms with Gasteiger partial charge in [0.15, 0.2) is 4.96 Å². The summed E-state index contributed by atoms with van der Waals surface area (Å²) >= 11 is 1.61. The van der Waals surface area contributed by atoms with Crippen LogP contribution in [-0.2, 0) is 12.7 Å². The first-order valence-electron chi connectivity index (χ1n) is 10.1. The first-order chi connectivity index (χ1) is 15.4. The third-order valence-corrected chi connectivity index (χ3v) is 6.30. The number of fused-ring (bicyclic) bond motifs is 1. The van der Waals surface area contributed by atoms with Gasteiger partial charge in [0.2, 0.25) is 0 Å². The van der Waals surface area contributed by atoms with E-state index in [1.165, 1.54) is 12.1 Å². The molecule has 0 spiro atoms. The van der Waals surface area contributed by atoms with E-state index >= 15 is 0 Å². The molecule has 2 aromatic carbocycles. The van der Waals surface area contributed by atoms with Gasteiger partial charge in [0.05, 0.1) is 11.3 Å². The molecule has 0 bridgehead atoms. The van der Waals surface area contributed by atoms with Gasteiger partial charge in [-0.3, -0.25) is 9.20 Å². The summed E-state index contributed by atoms with van der Waals surface area (Å²) in [5.41, 5.74) is 1.83. The van der Waals surface area contributed by atoms with Crippen LogP contribution in [0.1, 0.15) is 39.5 Å². The van der Waals surface area contributed by atoms with E-state index in [4.69, 9.17) is 0 Å². The molecule has 4 aromatic rings. The molecular weight excluding hydrogens is 437 g/mol. The molecule has 1 fully saturated rings. The van der Waals surface area contributed by atoms with Gasteiger partial charge in [0.1, 0.15) is 0 Å². The maximum absolute atomic E-state index is 12.9. The summed E-state index contributed by atoms with van der Waals surface area (Å²) in [6.45, 7) is 0.709. The van der Waals surface area contributed by atoms with Crippen LogP contribution >= 0.6 is 11.3 Å². The molecule has 2 aromatic heterocycles. The van der Waals surface area contributed by atoms with Gasteiger partial charge in [-0.1, -0.05) is 18.2 Å². The second-order valence-electron chi connectivity index (χ2n) is 7.81. The van der Waals surface area contributed by atoms with Crippen LogP contribution in [0.4, 0.5) is 18.9 Å². The highest BCUT2D eigenvalue weighted by atomic mass is 32.1. The number of aromatic nitrogens is 2. The number of hydrogen-bond acceptors (Lipinski definition) is 4. The van der Waals surface area contributed by atoms with Gasteiger partial charge in [-0.05, 0) is 42.3 Å². The highest BCUT2D eigenvalue weighted by Crippen LogP contribution is 2.41. The van der Waals surface area contributed by atoms with Crippen LogP contribution in [0.5, 0.6) is 0 Å². The van der Waals surface area contributed by atoms with Crippen molar-refractivity contribution in [3.63, 3.8) is 0 Å². The Morgan fingerprint density at radius 3 is 2.75 bits per heavy atom. The normalized spacial score (nSPS) is 18.1. The van der Waals surface area contributed by atoms with Crippen LogP contribution in [-0.4, -0.2) is 21.3 Å². The number of thiazole rings is 1. The Labute approximate surface area is 185 Å². The number of carbonyl (C=O) groups is 1. The van der Waals surface area contributed by atoms with Crippen LogP contribution in [0.3, 0.4) is 0 Å². The Hall–Kier alpha value is -3.17. The Morgan fingerprint density at radius 2 is 2.00 bits per heavy atom. The molecule has 2 atom stereocenters. The molecule has 0 saturated heterocycles. The standard InChI is InChI=1S/C23H19F3N4OS/c24-23(25,26)16-3-1-2-15(10-16)21(31)28-17-6-4-14(5-7-17)19-11-20(19)27-12-18-13-30-8-9-32-22(30)29-18/h1-10,13,19-20,27H,11-12H2,(H,28,31). The number of anilines is 1. The summed E-state index contributed by atoms with van der Waals surface area (Å²) in [4.78, 5) is 17.9. The van der Waals surface area contributed by atoms with Crippen LogP contribution in [0.2, 0.25) is 0 Å². The van der Waals surface area contributed by atoms with E-state index < -0.39 is 17.6 Å². The van der Waals surface area contributed by atoms with Crippen molar-refractivity contribution in [3.05, 3.63) is 88.7 Å². The fraction of sp³-hybridized carbons (Fsp3) is 0.217. The summed E-state index contributed by atoms with van der Waals surface area (Å²) < 4.78 is 40.6. The van der Waals surface area contributed by atoms with E-state index in [1.54, 1.807) is 23.5 Å². The van der Waals surface area contributed by atoms with Gasteiger partial charge in [-0.2, -0.15) is 13.2 Å². The SMILES string of the molecule is O=C(Nc1ccc(C2CC2NCc2cn3ccsc3n2)cc1)c1cccc(C(F)(F)F)c1. The Balaban J connectivity index is 1.16. The zero-order valence-corrected chi connectivity index (χ0v) is 17.6. The van der Waals surface area contributed by atoms with Crippen molar-refractivity contribution in [1.29, 1.82) is 0 Å². The van der Waals surface area contributed by atoms with Gasteiger partial charge in [0.25, 0.3) is 5.91 Å². The molecule has 2 N–H and O–H groups in total. The summed E-state index contributed by atoms with van der Waals surface area (Å²) in [6, 6.07) is 12.2. The first-order valence-corrected chi connectivity index (χ1v) is 11.0. The average molecular weight is 456 g/mol. The van der Waals surface area contributed by atoms with Crippen LogP contribution in [0.15, 0.2) is 66.3 Å².